The highest BCUT2D eigenvalue weighted by atomic mass is 32.2. The summed E-state index contributed by atoms with van der Waals surface area (Å²) >= 11 is 2.86. The van der Waals surface area contributed by atoms with Gasteiger partial charge in [-0.1, -0.05) is 42.5 Å². The molecule has 4 aromatic rings. The van der Waals surface area contributed by atoms with Crippen molar-refractivity contribution in [2.75, 3.05) is 6.54 Å². The predicted octanol–water partition coefficient (Wildman–Crippen LogP) is 5.46. The van der Waals surface area contributed by atoms with Gasteiger partial charge < -0.3 is 9.88 Å². The van der Waals surface area contributed by atoms with E-state index in [4.69, 9.17) is 0 Å². The van der Waals surface area contributed by atoms with E-state index in [1.54, 1.807) is 11.0 Å². The molecule has 1 atom stereocenters. The molecule has 1 N–H and O–H groups in total. The number of rotatable bonds is 8. The Morgan fingerprint density at radius 2 is 2.00 bits per heavy atom. The summed E-state index contributed by atoms with van der Waals surface area (Å²) < 4.78 is 13.5. The first-order valence-corrected chi connectivity index (χ1v) is 12.6. The van der Waals surface area contributed by atoms with Crippen LogP contribution in [-0.4, -0.2) is 32.6 Å². The van der Waals surface area contributed by atoms with Crippen LogP contribution in [0.3, 0.4) is 0 Å². The fourth-order valence-electron chi connectivity index (χ4n) is 3.63. The molecule has 0 aliphatic heterocycles. The Morgan fingerprint density at radius 3 is 2.73 bits per heavy atom. The second-order valence-electron chi connectivity index (χ2n) is 7.64. The fraction of sp³-hybridized carbons (Fsp3) is 0.240. The second-order valence-corrected chi connectivity index (χ2v) is 9.83. The number of carbonyl (C=O) groups is 1. The quantitative estimate of drug-likeness (QED) is 0.363. The number of carbonyl (C=O) groups excluding carboxylic acids is 1. The molecular formula is C25H24FN3O2S2. The van der Waals surface area contributed by atoms with Gasteiger partial charge in [-0.2, -0.15) is 0 Å². The molecule has 1 unspecified atom stereocenters. The summed E-state index contributed by atoms with van der Waals surface area (Å²) in [6.45, 7) is 4.63. The summed E-state index contributed by atoms with van der Waals surface area (Å²) in [7, 11) is 0. The molecule has 0 saturated heterocycles. The number of aromatic amines is 1. The number of amides is 1. The zero-order valence-electron chi connectivity index (χ0n) is 18.4. The van der Waals surface area contributed by atoms with Crippen LogP contribution in [0, 0.1) is 5.82 Å². The highest BCUT2D eigenvalue weighted by Crippen LogP contribution is 2.31. The lowest BCUT2D eigenvalue weighted by Crippen LogP contribution is -2.36. The van der Waals surface area contributed by atoms with E-state index in [9.17, 15) is 14.0 Å². The Hall–Kier alpha value is -2.97. The van der Waals surface area contributed by atoms with E-state index in [1.165, 1.54) is 35.2 Å². The highest BCUT2D eigenvalue weighted by molar-refractivity contribution is 7.99. The number of hydrogen-bond acceptors (Lipinski definition) is 5. The molecule has 0 bridgehead atoms. The first-order valence-electron chi connectivity index (χ1n) is 10.7. The lowest BCUT2D eigenvalue weighted by atomic mass is 10.1. The number of aromatic nitrogens is 2. The number of hydrogen-bond donors (Lipinski definition) is 1. The van der Waals surface area contributed by atoms with Gasteiger partial charge in [0, 0.05) is 24.0 Å². The first-order chi connectivity index (χ1) is 16.0. The molecule has 0 spiro atoms. The normalized spacial score (nSPS) is 12.1. The number of fused-ring (bicyclic) bond motifs is 1. The standard InChI is InChI=1S/C25H24FN3O2S2/c1-3-29(13-17-8-7-11-19(26)12-17)25(31)16(2)32-15-21-27-23(30)22-20(14-33-24(22)28-21)18-9-5-4-6-10-18/h4-12,14,16H,3,13,15H2,1-2H3,(H,27,28,30). The molecule has 1 amide bonds. The Balaban J connectivity index is 1.45. The monoisotopic (exact) mass is 481 g/mol. The summed E-state index contributed by atoms with van der Waals surface area (Å²) in [6, 6.07) is 16.1. The molecule has 5 nitrogen and oxygen atoms in total. The van der Waals surface area contributed by atoms with Gasteiger partial charge in [0.15, 0.2) is 0 Å². The van der Waals surface area contributed by atoms with E-state index in [0.29, 0.717) is 34.9 Å². The molecule has 2 heterocycles. The third kappa shape index (κ3) is 5.34. The number of thioether (sulfide) groups is 1. The lowest BCUT2D eigenvalue weighted by molar-refractivity contribution is -0.130. The van der Waals surface area contributed by atoms with E-state index >= 15 is 0 Å². The number of benzene rings is 2. The Labute approximate surface area is 199 Å². The van der Waals surface area contributed by atoms with Gasteiger partial charge in [-0.05, 0) is 37.1 Å². The van der Waals surface area contributed by atoms with Gasteiger partial charge in [0.2, 0.25) is 5.91 Å². The Bertz CT molecular complexity index is 1320. The van der Waals surface area contributed by atoms with E-state index < -0.39 is 0 Å². The number of halogens is 1. The maximum atomic E-state index is 13.5. The third-order valence-electron chi connectivity index (χ3n) is 5.35. The minimum atomic E-state index is -0.331. The molecule has 2 aromatic heterocycles. The van der Waals surface area contributed by atoms with Crippen LogP contribution in [0.25, 0.3) is 21.3 Å². The summed E-state index contributed by atoms with van der Waals surface area (Å²) in [5.41, 5.74) is 2.44. The second kappa shape index (κ2) is 10.3. The lowest BCUT2D eigenvalue weighted by Gasteiger charge is -2.24. The van der Waals surface area contributed by atoms with Crippen molar-refractivity contribution in [3.05, 3.63) is 87.5 Å². The van der Waals surface area contributed by atoms with Gasteiger partial charge in [0.1, 0.15) is 16.5 Å². The van der Waals surface area contributed by atoms with Crippen LogP contribution in [0.2, 0.25) is 0 Å². The maximum absolute atomic E-state index is 13.5. The average molecular weight is 482 g/mol. The zero-order chi connectivity index (χ0) is 23.4. The Kier molecular flexibility index (Phi) is 7.25. The number of H-pyrrole nitrogens is 1. The molecule has 2 aromatic carbocycles. The molecule has 170 valence electrons. The van der Waals surface area contributed by atoms with Gasteiger partial charge in [0.05, 0.1) is 16.4 Å². The number of nitrogens with one attached hydrogen (secondary N) is 1. The zero-order valence-corrected chi connectivity index (χ0v) is 20.0. The molecule has 8 heteroatoms. The van der Waals surface area contributed by atoms with Crippen LogP contribution in [0.15, 0.2) is 64.8 Å². The van der Waals surface area contributed by atoms with Crippen LogP contribution >= 0.6 is 23.1 Å². The molecular weight excluding hydrogens is 457 g/mol. The van der Waals surface area contributed by atoms with Gasteiger partial charge in [0.25, 0.3) is 5.56 Å². The molecule has 0 aliphatic rings. The van der Waals surface area contributed by atoms with Crippen LogP contribution in [0.4, 0.5) is 4.39 Å². The van der Waals surface area contributed by atoms with Crippen molar-refractivity contribution in [3.63, 3.8) is 0 Å². The van der Waals surface area contributed by atoms with Gasteiger partial charge in [-0.3, -0.25) is 9.59 Å². The third-order valence-corrected chi connectivity index (χ3v) is 7.37. The van der Waals surface area contributed by atoms with E-state index in [1.807, 2.05) is 55.6 Å². The van der Waals surface area contributed by atoms with Gasteiger partial charge in [-0.25, -0.2) is 9.37 Å². The predicted molar refractivity (Wildman–Crippen MR) is 134 cm³/mol. The largest absolute Gasteiger partial charge is 0.338 e. The van der Waals surface area contributed by atoms with Crippen molar-refractivity contribution < 1.29 is 9.18 Å². The molecule has 0 aliphatic carbocycles. The average Bonchev–Trinajstić information content (AvgIpc) is 3.26. The maximum Gasteiger partial charge on any atom is 0.260 e. The van der Waals surface area contributed by atoms with E-state index in [0.717, 1.165) is 16.7 Å². The molecule has 33 heavy (non-hydrogen) atoms. The first kappa shape index (κ1) is 23.2. The summed E-state index contributed by atoms with van der Waals surface area (Å²) in [6.07, 6.45) is 0. The van der Waals surface area contributed by atoms with Crippen molar-refractivity contribution in [2.45, 2.75) is 31.4 Å². The summed E-state index contributed by atoms with van der Waals surface area (Å²) in [5.74, 6) is 0.617. The van der Waals surface area contributed by atoms with Gasteiger partial charge >= 0.3 is 0 Å². The summed E-state index contributed by atoms with van der Waals surface area (Å²) in [5, 5.41) is 2.22. The van der Waals surface area contributed by atoms with Crippen molar-refractivity contribution in [2.24, 2.45) is 0 Å². The molecule has 0 radical (unpaired) electrons. The molecule has 0 saturated carbocycles. The Morgan fingerprint density at radius 1 is 1.21 bits per heavy atom. The van der Waals surface area contributed by atoms with Crippen LogP contribution in [0.5, 0.6) is 0 Å². The minimum Gasteiger partial charge on any atom is -0.338 e. The molecule has 4 rings (SSSR count). The molecule has 0 fully saturated rings. The van der Waals surface area contributed by atoms with Crippen molar-refractivity contribution in [1.82, 2.24) is 14.9 Å². The van der Waals surface area contributed by atoms with Crippen LogP contribution in [0.1, 0.15) is 25.2 Å². The SMILES string of the molecule is CCN(Cc1cccc(F)c1)C(=O)C(C)SCc1nc2scc(-c3ccccc3)c2c(=O)[nH]1. The summed E-state index contributed by atoms with van der Waals surface area (Å²) in [4.78, 5) is 35.7. The van der Waals surface area contributed by atoms with E-state index in [-0.39, 0.29) is 22.5 Å². The fourth-order valence-corrected chi connectivity index (χ4v) is 5.43. The van der Waals surface area contributed by atoms with Crippen LogP contribution < -0.4 is 5.56 Å². The number of nitrogens with zero attached hydrogens (tertiary/aromatic N) is 2. The van der Waals surface area contributed by atoms with Gasteiger partial charge in [-0.15, -0.1) is 23.1 Å². The van der Waals surface area contributed by atoms with Crippen LogP contribution in [-0.2, 0) is 17.1 Å². The topological polar surface area (TPSA) is 66.1 Å². The highest BCUT2D eigenvalue weighted by Gasteiger charge is 2.21. The smallest absolute Gasteiger partial charge is 0.260 e. The minimum absolute atomic E-state index is 0.0299. The van der Waals surface area contributed by atoms with Crippen molar-refractivity contribution >= 4 is 39.2 Å². The van der Waals surface area contributed by atoms with E-state index in [2.05, 4.69) is 9.97 Å². The van der Waals surface area contributed by atoms with Crippen molar-refractivity contribution in [1.29, 1.82) is 0 Å². The van der Waals surface area contributed by atoms with Crippen molar-refractivity contribution in [3.8, 4) is 11.1 Å². The number of thiophene rings is 1.